The molecular formula is C12H17NO4. The Labute approximate surface area is 100 Å². The first-order valence-corrected chi connectivity index (χ1v) is 5.30. The molecule has 94 valence electrons. The molecule has 5 nitrogen and oxygen atoms in total. The fraction of sp³-hybridized carbons (Fsp3) is 0.333. The number of anilines is 1. The minimum absolute atomic E-state index is 0.189. The predicted octanol–water partition coefficient (Wildman–Crippen LogP) is 2.13. The molecule has 0 saturated heterocycles. The van der Waals surface area contributed by atoms with Crippen molar-refractivity contribution in [1.82, 2.24) is 0 Å². The number of hydrogen-bond donors (Lipinski definition) is 2. The number of rotatable bonds is 4. The van der Waals surface area contributed by atoms with E-state index in [0.717, 1.165) is 0 Å². The van der Waals surface area contributed by atoms with E-state index in [1.807, 2.05) is 13.8 Å². The van der Waals surface area contributed by atoms with Crippen LogP contribution in [0.1, 0.15) is 20.8 Å². The van der Waals surface area contributed by atoms with Crippen LogP contribution in [0.15, 0.2) is 24.3 Å². The van der Waals surface area contributed by atoms with Gasteiger partial charge in [0, 0.05) is 18.7 Å². The van der Waals surface area contributed by atoms with Gasteiger partial charge in [0.05, 0.1) is 0 Å². The molecule has 1 aromatic rings. The van der Waals surface area contributed by atoms with Gasteiger partial charge in [-0.15, -0.1) is 0 Å². The van der Waals surface area contributed by atoms with E-state index in [4.69, 9.17) is 9.84 Å². The van der Waals surface area contributed by atoms with E-state index in [9.17, 15) is 9.59 Å². The maximum absolute atomic E-state index is 10.7. The van der Waals surface area contributed by atoms with Crippen molar-refractivity contribution in [3.8, 4) is 5.75 Å². The van der Waals surface area contributed by atoms with Gasteiger partial charge in [0.1, 0.15) is 5.75 Å². The molecule has 0 radical (unpaired) electrons. The van der Waals surface area contributed by atoms with Gasteiger partial charge in [-0.25, -0.2) is 4.79 Å². The highest BCUT2D eigenvalue weighted by Crippen LogP contribution is 2.16. The first-order valence-electron chi connectivity index (χ1n) is 5.30. The fourth-order valence-corrected chi connectivity index (χ4v) is 1.01. The zero-order chi connectivity index (χ0) is 13.3. The number of carbonyl (C=O) groups excluding carboxylic acids is 1. The second-order valence-electron chi connectivity index (χ2n) is 2.89. The van der Waals surface area contributed by atoms with Crippen molar-refractivity contribution in [2.75, 3.05) is 11.9 Å². The van der Waals surface area contributed by atoms with Crippen LogP contribution in [0.25, 0.3) is 0 Å². The molecule has 0 aromatic heterocycles. The number of nitrogens with one attached hydrogen (secondary N) is 1. The molecule has 0 saturated carbocycles. The Morgan fingerprint density at radius 2 is 2.00 bits per heavy atom. The van der Waals surface area contributed by atoms with Crippen molar-refractivity contribution in [3.63, 3.8) is 0 Å². The zero-order valence-electron chi connectivity index (χ0n) is 10.2. The van der Waals surface area contributed by atoms with Crippen LogP contribution in [-0.4, -0.2) is 23.6 Å². The third-order valence-corrected chi connectivity index (χ3v) is 1.52. The molecule has 1 aromatic carbocycles. The summed E-state index contributed by atoms with van der Waals surface area (Å²) in [6.07, 6.45) is 0. The monoisotopic (exact) mass is 239 g/mol. The lowest BCUT2D eigenvalue weighted by Crippen LogP contribution is -2.10. The van der Waals surface area contributed by atoms with E-state index in [1.54, 1.807) is 24.3 Å². The van der Waals surface area contributed by atoms with Crippen molar-refractivity contribution in [2.24, 2.45) is 0 Å². The van der Waals surface area contributed by atoms with Crippen molar-refractivity contribution in [1.29, 1.82) is 0 Å². The average molecular weight is 239 g/mol. The molecule has 0 fully saturated rings. The van der Waals surface area contributed by atoms with E-state index >= 15 is 0 Å². The molecule has 5 heteroatoms. The van der Waals surface area contributed by atoms with Crippen molar-refractivity contribution < 1.29 is 19.4 Å². The van der Waals surface area contributed by atoms with Gasteiger partial charge in [-0.05, 0) is 12.1 Å². The van der Waals surface area contributed by atoms with E-state index in [1.165, 1.54) is 6.92 Å². The molecule has 0 heterocycles. The number of hydrogen-bond acceptors (Lipinski definition) is 3. The van der Waals surface area contributed by atoms with Crippen molar-refractivity contribution in [3.05, 3.63) is 24.3 Å². The number of carboxylic acid groups (broad SMARTS) is 1. The Hall–Kier alpha value is -2.04. The number of benzene rings is 1. The van der Waals surface area contributed by atoms with Crippen LogP contribution in [0, 0.1) is 0 Å². The van der Waals surface area contributed by atoms with Crippen molar-refractivity contribution >= 4 is 17.6 Å². The highest BCUT2D eigenvalue weighted by Gasteiger charge is 2.01. The third kappa shape index (κ3) is 6.94. The van der Waals surface area contributed by atoms with Gasteiger partial charge >= 0.3 is 5.97 Å². The highest BCUT2D eigenvalue weighted by molar-refractivity contribution is 5.88. The summed E-state index contributed by atoms with van der Waals surface area (Å²) in [7, 11) is 0. The van der Waals surface area contributed by atoms with Crippen LogP contribution in [0.3, 0.4) is 0 Å². The number of aliphatic carboxylic acids is 1. The second-order valence-corrected chi connectivity index (χ2v) is 2.89. The maximum Gasteiger partial charge on any atom is 0.341 e. The average Bonchev–Trinajstić information content (AvgIpc) is 2.29. The zero-order valence-corrected chi connectivity index (χ0v) is 10.2. The molecule has 0 aliphatic carbocycles. The van der Waals surface area contributed by atoms with Crippen LogP contribution >= 0.6 is 0 Å². The van der Waals surface area contributed by atoms with Crippen LogP contribution < -0.4 is 10.1 Å². The van der Waals surface area contributed by atoms with Gasteiger partial charge < -0.3 is 15.2 Å². The van der Waals surface area contributed by atoms with E-state index in [0.29, 0.717) is 11.4 Å². The number of carboxylic acids is 1. The summed E-state index contributed by atoms with van der Waals surface area (Å²) in [5, 5.41) is 11.0. The molecule has 0 aliphatic rings. The summed E-state index contributed by atoms with van der Waals surface area (Å²) in [6.45, 7) is 4.99. The minimum Gasteiger partial charge on any atom is -0.482 e. The lowest BCUT2D eigenvalue weighted by molar-refractivity contribution is -0.139. The molecule has 17 heavy (non-hydrogen) atoms. The molecule has 0 bridgehead atoms. The van der Waals surface area contributed by atoms with Gasteiger partial charge in [0.2, 0.25) is 5.91 Å². The molecule has 0 spiro atoms. The lowest BCUT2D eigenvalue weighted by Gasteiger charge is -2.05. The second kappa shape index (κ2) is 8.15. The maximum atomic E-state index is 10.7. The van der Waals surface area contributed by atoms with E-state index < -0.39 is 12.6 Å². The molecule has 1 rings (SSSR count). The summed E-state index contributed by atoms with van der Waals surface area (Å²) in [5.74, 6) is -0.825. The van der Waals surface area contributed by atoms with Crippen LogP contribution in [0.5, 0.6) is 5.75 Å². The van der Waals surface area contributed by atoms with E-state index in [2.05, 4.69) is 5.32 Å². The van der Waals surface area contributed by atoms with Crippen LogP contribution in [0.4, 0.5) is 5.69 Å². The Bertz CT molecular complexity index is 377. The number of ether oxygens (including phenoxy) is 1. The topological polar surface area (TPSA) is 75.6 Å². The predicted molar refractivity (Wildman–Crippen MR) is 65.2 cm³/mol. The molecule has 0 aliphatic heterocycles. The lowest BCUT2D eigenvalue weighted by atomic mass is 10.3. The molecule has 1 amide bonds. The highest BCUT2D eigenvalue weighted by atomic mass is 16.5. The number of carbonyl (C=O) groups is 2. The van der Waals surface area contributed by atoms with Gasteiger partial charge in [-0.1, -0.05) is 19.9 Å². The summed E-state index contributed by atoms with van der Waals surface area (Å²) in [6, 6.07) is 6.54. The molecular weight excluding hydrogens is 222 g/mol. The SMILES string of the molecule is CC.CC(=O)Nc1cccc(OCC(=O)O)c1. The van der Waals surface area contributed by atoms with Gasteiger partial charge in [0.15, 0.2) is 6.61 Å². The molecule has 0 atom stereocenters. The summed E-state index contributed by atoms with van der Waals surface area (Å²) < 4.78 is 4.94. The Balaban J connectivity index is 0.00000121. The first kappa shape index (κ1) is 15.0. The standard InChI is InChI=1S/C10H11NO4.C2H6/c1-7(12)11-8-3-2-4-9(5-8)15-6-10(13)14;1-2/h2-5H,6H2,1H3,(H,11,12)(H,13,14);1-2H3. The largest absolute Gasteiger partial charge is 0.482 e. The summed E-state index contributed by atoms with van der Waals surface area (Å²) in [5.41, 5.74) is 0.574. The van der Waals surface area contributed by atoms with E-state index in [-0.39, 0.29) is 5.91 Å². The Morgan fingerprint density at radius 3 is 2.53 bits per heavy atom. The van der Waals surface area contributed by atoms with Crippen molar-refractivity contribution in [2.45, 2.75) is 20.8 Å². The Morgan fingerprint density at radius 1 is 1.35 bits per heavy atom. The number of amides is 1. The smallest absolute Gasteiger partial charge is 0.341 e. The summed E-state index contributed by atoms with van der Waals surface area (Å²) in [4.78, 5) is 21.0. The molecule has 2 N–H and O–H groups in total. The van der Waals surface area contributed by atoms with Gasteiger partial charge in [0.25, 0.3) is 0 Å². The quantitative estimate of drug-likeness (QED) is 0.844. The normalized spacial score (nSPS) is 8.65. The van der Waals surface area contributed by atoms with Crippen LogP contribution in [0.2, 0.25) is 0 Å². The van der Waals surface area contributed by atoms with Gasteiger partial charge in [-0.2, -0.15) is 0 Å². The molecule has 0 unspecified atom stereocenters. The van der Waals surface area contributed by atoms with Crippen LogP contribution in [-0.2, 0) is 9.59 Å². The third-order valence-electron chi connectivity index (χ3n) is 1.52. The first-order chi connectivity index (χ1) is 8.08. The fourth-order valence-electron chi connectivity index (χ4n) is 1.01. The Kier molecular flexibility index (Phi) is 7.17. The van der Waals surface area contributed by atoms with Gasteiger partial charge in [-0.3, -0.25) is 4.79 Å². The minimum atomic E-state index is -1.04. The summed E-state index contributed by atoms with van der Waals surface area (Å²) >= 11 is 0.